The van der Waals surface area contributed by atoms with Gasteiger partial charge in [-0.25, -0.2) is 0 Å². The van der Waals surface area contributed by atoms with Crippen LogP contribution in [0, 0.1) is 12.8 Å². The van der Waals surface area contributed by atoms with E-state index in [4.69, 9.17) is 9.47 Å². The van der Waals surface area contributed by atoms with Crippen LogP contribution in [0.4, 0.5) is 0 Å². The number of hydrogen-bond donors (Lipinski definition) is 0. The van der Waals surface area contributed by atoms with Crippen LogP contribution >= 0.6 is 0 Å². The number of methoxy groups -OCH3 is 2. The number of benzene rings is 1. The Morgan fingerprint density at radius 3 is 2.71 bits per heavy atom. The summed E-state index contributed by atoms with van der Waals surface area (Å²) in [6, 6.07) is 3.83. The van der Waals surface area contributed by atoms with Gasteiger partial charge in [0.15, 0.2) is 0 Å². The predicted molar refractivity (Wildman–Crippen MR) is 83.0 cm³/mol. The zero-order chi connectivity index (χ0) is 15.4. The van der Waals surface area contributed by atoms with E-state index in [1.807, 2.05) is 24.0 Å². The highest BCUT2D eigenvalue weighted by Crippen LogP contribution is 2.32. The van der Waals surface area contributed by atoms with E-state index in [1.54, 1.807) is 14.2 Å². The molecule has 1 aromatic rings. The molecule has 1 amide bonds. The van der Waals surface area contributed by atoms with E-state index in [2.05, 4.69) is 6.92 Å². The minimum absolute atomic E-state index is 0.185. The van der Waals surface area contributed by atoms with Gasteiger partial charge in [-0.3, -0.25) is 4.79 Å². The standard InChI is InChI=1S/C17H25NO3/c1-12-6-5-9-18(11-12)16(19)10-14-7-8-15(20-3)13(2)17(14)21-4/h7-8,12H,5-6,9-11H2,1-4H3. The van der Waals surface area contributed by atoms with Crippen molar-refractivity contribution in [1.29, 1.82) is 0 Å². The Labute approximate surface area is 127 Å². The second-order valence-corrected chi connectivity index (χ2v) is 5.85. The molecule has 1 saturated heterocycles. The lowest BCUT2D eigenvalue weighted by molar-refractivity contribution is -0.132. The first-order chi connectivity index (χ1) is 10.1. The Hall–Kier alpha value is -1.71. The van der Waals surface area contributed by atoms with Crippen molar-refractivity contribution in [3.8, 4) is 11.5 Å². The van der Waals surface area contributed by atoms with Crippen molar-refractivity contribution in [2.45, 2.75) is 33.1 Å². The van der Waals surface area contributed by atoms with Crippen LogP contribution in [0.2, 0.25) is 0 Å². The van der Waals surface area contributed by atoms with Crippen molar-refractivity contribution < 1.29 is 14.3 Å². The van der Waals surface area contributed by atoms with Crippen LogP contribution in [0.5, 0.6) is 11.5 Å². The van der Waals surface area contributed by atoms with Crippen molar-refractivity contribution in [2.75, 3.05) is 27.3 Å². The molecule has 0 aliphatic carbocycles. The van der Waals surface area contributed by atoms with Crippen LogP contribution in [0.25, 0.3) is 0 Å². The SMILES string of the molecule is COc1ccc(CC(=O)N2CCCC(C)C2)c(OC)c1C. The van der Waals surface area contributed by atoms with E-state index in [0.717, 1.165) is 42.1 Å². The van der Waals surface area contributed by atoms with E-state index in [1.165, 1.54) is 6.42 Å². The molecule has 116 valence electrons. The molecule has 1 unspecified atom stereocenters. The zero-order valence-electron chi connectivity index (χ0n) is 13.4. The van der Waals surface area contributed by atoms with E-state index < -0.39 is 0 Å². The first-order valence-corrected chi connectivity index (χ1v) is 7.55. The Kier molecular flexibility index (Phi) is 5.10. The highest BCUT2D eigenvalue weighted by atomic mass is 16.5. The topological polar surface area (TPSA) is 38.8 Å². The summed E-state index contributed by atoms with van der Waals surface area (Å²) in [7, 11) is 3.28. The summed E-state index contributed by atoms with van der Waals surface area (Å²) in [4.78, 5) is 14.5. The monoisotopic (exact) mass is 291 g/mol. The molecule has 4 nitrogen and oxygen atoms in total. The molecule has 1 aliphatic rings. The van der Waals surface area contributed by atoms with Gasteiger partial charge in [-0.2, -0.15) is 0 Å². The Morgan fingerprint density at radius 1 is 1.33 bits per heavy atom. The maximum absolute atomic E-state index is 12.5. The fraction of sp³-hybridized carbons (Fsp3) is 0.588. The van der Waals surface area contributed by atoms with Crippen LogP contribution in [0.3, 0.4) is 0 Å². The molecule has 21 heavy (non-hydrogen) atoms. The summed E-state index contributed by atoms with van der Waals surface area (Å²) in [5.74, 6) is 2.33. The number of amides is 1. The third-order valence-corrected chi connectivity index (χ3v) is 4.21. The van der Waals surface area contributed by atoms with Crippen LogP contribution in [-0.4, -0.2) is 38.1 Å². The van der Waals surface area contributed by atoms with E-state index in [9.17, 15) is 4.79 Å². The van der Waals surface area contributed by atoms with E-state index in [0.29, 0.717) is 12.3 Å². The lowest BCUT2D eigenvalue weighted by atomic mass is 9.99. The van der Waals surface area contributed by atoms with Crippen LogP contribution in [0.1, 0.15) is 30.9 Å². The maximum Gasteiger partial charge on any atom is 0.227 e. The highest BCUT2D eigenvalue weighted by Gasteiger charge is 2.22. The van der Waals surface area contributed by atoms with Gasteiger partial charge in [0.2, 0.25) is 5.91 Å². The molecular weight excluding hydrogens is 266 g/mol. The number of rotatable bonds is 4. The van der Waals surface area contributed by atoms with Crippen LogP contribution in [-0.2, 0) is 11.2 Å². The molecule has 1 aliphatic heterocycles. The molecule has 2 rings (SSSR count). The number of carbonyl (C=O) groups is 1. The third kappa shape index (κ3) is 3.49. The summed E-state index contributed by atoms with van der Waals surface area (Å²) in [5.41, 5.74) is 1.87. The summed E-state index contributed by atoms with van der Waals surface area (Å²) in [6.07, 6.45) is 2.71. The number of likely N-dealkylation sites (tertiary alicyclic amines) is 1. The fourth-order valence-electron chi connectivity index (χ4n) is 3.06. The van der Waals surface area contributed by atoms with Gasteiger partial charge in [0.1, 0.15) is 11.5 Å². The smallest absolute Gasteiger partial charge is 0.227 e. The van der Waals surface area contributed by atoms with Gasteiger partial charge in [0.05, 0.1) is 20.6 Å². The Balaban J connectivity index is 2.15. The first-order valence-electron chi connectivity index (χ1n) is 7.55. The molecular formula is C17H25NO3. The Bertz CT molecular complexity index is 513. The lowest BCUT2D eigenvalue weighted by Gasteiger charge is -2.31. The Morgan fingerprint density at radius 2 is 2.10 bits per heavy atom. The number of piperidine rings is 1. The van der Waals surface area contributed by atoms with Crippen molar-refractivity contribution in [1.82, 2.24) is 4.90 Å². The lowest BCUT2D eigenvalue weighted by Crippen LogP contribution is -2.40. The van der Waals surface area contributed by atoms with Gasteiger partial charge < -0.3 is 14.4 Å². The van der Waals surface area contributed by atoms with Gasteiger partial charge in [0, 0.05) is 24.2 Å². The van der Waals surface area contributed by atoms with Gasteiger partial charge in [-0.1, -0.05) is 13.0 Å². The van der Waals surface area contributed by atoms with Gasteiger partial charge in [0.25, 0.3) is 0 Å². The average molecular weight is 291 g/mol. The maximum atomic E-state index is 12.5. The van der Waals surface area contributed by atoms with Crippen molar-refractivity contribution >= 4 is 5.91 Å². The summed E-state index contributed by atoms with van der Waals surface area (Å²) in [6.45, 7) is 5.91. The quantitative estimate of drug-likeness (QED) is 0.856. The van der Waals surface area contributed by atoms with Gasteiger partial charge in [-0.15, -0.1) is 0 Å². The number of carbonyl (C=O) groups excluding carboxylic acids is 1. The molecule has 0 radical (unpaired) electrons. The van der Waals surface area contributed by atoms with Crippen LogP contribution in [0.15, 0.2) is 12.1 Å². The number of nitrogens with zero attached hydrogens (tertiary/aromatic N) is 1. The summed E-state index contributed by atoms with van der Waals surface area (Å²) >= 11 is 0. The number of ether oxygens (including phenoxy) is 2. The molecule has 1 fully saturated rings. The van der Waals surface area contributed by atoms with Crippen molar-refractivity contribution in [3.05, 3.63) is 23.3 Å². The van der Waals surface area contributed by atoms with E-state index in [-0.39, 0.29) is 5.91 Å². The minimum atomic E-state index is 0.185. The van der Waals surface area contributed by atoms with Crippen molar-refractivity contribution in [3.63, 3.8) is 0 Å². The largest absolute Gasteiger partial charge is 0.496 e. The molecule has 0 saturated carbocycles. The fourth-order valence-corrected chi connectivity index (χ4v) is 3.06. The average Bonchev–Trinajstić information content (AvgIpc) is 2.47. The molecule has 1 heterocycles. The second-order valence-electron chi connectivity index (χ2n) is 5.85. The molecule has 4 heteroatoms. The van der Waals surface area contributed by atoms with Gasteiger partial charge in [-0.05, 0) is 31.7 Å². The molecule has 1 aromatic carbocycles. The van der Waals surface area contributed by atoms with Gasteiger partial charge >= 0.3 is 0 Å². The first kappa shape index (κ1) is 15.7. The second kappa shape index (κ2) is 6.83. The van der Waals surface area contributed by atoms with Crippen LogP contribution < -0.4 is 9.47 Å². The molecule has 0 spiro atoms. The molecule has 0 bridgehead atoms. The van der Waals surface area contributed by atoms with E-state index >= 15 is 0 Å². The molecule has 1 atom stereocenters. The zero-order valence-corrected chi connectivity index (χ0v) is 13.4. The number of hydrogen-bond acceptors (Lipinski definition) is 3. The minimum Gasteiger partial charge on any atom is -0.496 e. The molecule has 0 N–H and O–H groups in total. The molecule has 0 aromatic heterocycles. The van der Waals surface area contributed by atoms with Crippen molar-refractivity contribution in [2.24, 2.45) is 5.92 Å². The highest BCUT2D eigenvalue weighted by molar-refractivity contribution is 5.80. The predicted octanol–water partition coefficient (Wildman–Crippen LogP) is 2.81. The normalized spacial score (nSPS) is 18.5. The summed E-state index contributed by atoms with van der Waals surface area (Å²) in [5, 5.41) is 0. The third-order valence-electron chi connectivity index (χ3n) is 4.21. The summed E-state index contributed by atoms with van der Waals surface area (Å²) < 4.78 is 10.8.